The normalized spacial score (nSPS) is 15.7. The van der Waals surface area contributed by atoms with Crippen molar-refractivity contribution in [2.45, 2.75) is 18.4 Å². The first-order valence-electron chi connectivity index (χ1n) is 4.56. The van der Waals surface area contributed by atoms with E-state index in [9.17, 15) is 23.4 Å². The lowest BCUT2D eigenvalue weighted by molar-refractivity contribution is -0.139. The molecule has 1 rings (SSSR count). The van der Waals surface area contributed by atoms with Gasteiger partial charge >= 0.3 is 6.18 Å². The molecule has 96 valence electrons. The Bertz CT molecular complexity index is 396. The standard InChI is InChI=1S/C10H9Cl2F3O2/c11-4-8(16)9(17)6-3-5(12)1-2-7(6)10(13,14)15/h1-3,8-9,16-17H,4H2. The Morgan fingerprint density at radius 3 is 2.29 bits per heavy atom. The molecule has 0 aliphatic rings. The minimum absolute atomic E-state index is 0.0359. The number of aliphatic hydroxyl groups is 2. The average Bonchev–Trinajstić information content (AvgIpc) is 2.25. The van der Waals surface area contributed by atoms with Gasteiger partial charge in [0.2, 0.25) is 0 Å². The van der Waals surface area contributed by atoms with E-state index in [2.05, 4.69) is 0 Å². The van der Waals surface area contributed by atoms with Gasteiger partial charge in [-0.3, -0.25) is 0 Å². The maximum atomic E-state index is 12.6. The molecule has 1 aromatic carbocycles. The molecule has 0 radical (unpaired) electrons. The average molecular weight is 289 g/mol. The summed E-state index contributed by atoms with van der Waals surface area (Å²) < 4.78 is 37.9. The summed E-state index contributed by atoms with van der Waals surface area (Å²) in [4.78, 5) is 0. The van der Waals surface area contributed by atoms with Crippen LogP contribution in [0.5, 0.6) is 0 Å². The van der Waals surface area contributed by atoms with Crippen LogP contribution in [0.1, 0.15) is 17.2 Å². The molecule has 2 N–H and O–H groups in total. The molecule has 7 heteroatoms. The molecule has 0 spiro atoms. The first-order chi connectivity index (χ1) is 7.77. The van der Waals surface area contributed by atoms with Gasteiger partial charge in [0, 0.05) is 5.02 Å². The number of rotatable bonds is 3. The highest BCUT2D eigenvalue weighted by molar-refractivity contribution is 6.30. The Morgan fingerprint density at radius 2 is 1.82 bits per heavy atom. The summed E-state index contributed by atoms with van der Waals surface area (Å²) in [7, 11) is 0. The second-order valence-corrected chi connectivity index (χ2v) is 4.14. The zero-order valence-electron chi connectivity index (χ0n) is 8.38. The van der Waals surface area contributed by atoms with E-state index >= 15 is 0 Å². The van der Waals surface area contributed by atoms with Crippen LogP contribution < -0.4 is 0 Å². The van der Waals surface area contributed by atoms with Gasteiger partial charge in [-0.2, -0.15) is 13.2 Å². The number of aliphatic hydroxyl groups excluding tert-OH is 2. The number of halogens is 5. The van der Waals surface area contributed by atoms with E-state index < -0.39 is 29.5 Å². The van der Waals surface area contributed by atoms with Gasteiger partial charge in [0.1, 0.15) is 6.10 Å². The summed E-state index contributed by atoms with van der Waals surface area (Å²) in [5.41, 5.74) is -1.53. The summed E-state index contributed by atoms with van der Waals surface area (Å²) in [6, 6.07) is 2.78. The molecule has 0 aliphatic carbocycles. The van der Waals surface area contributed by atoms with Gasteiger partial charge in [-0.1, -0.05) is 11.6 Å². The van der Waals surface area contributed by atoms with Crippen LogP contribution in [0.3, 0.4) is 0 Å². The fourth-order valence-electron chi connectivity index (χ4n) is 1.33. The third-order valence-corrected chi connectivity index (χ3v) is 2.71. The molecule has 0 heterocycles. The van der Waals surface area contributed by atoms with Crippen molar-refractivity contribution >= 4 is 23.2 Å². The highest BCUT2D eigenvalue weighted by atomic mass is 35.5. The predicted octanol–water partition coefficient (Wildman–Crippen LogP) is 2.99. The molecule has 0 aliphatic heterocycles. The fraction of sp³-hybridized carbons (Fsp3) is 0.400. The van der Waals surface area contributed by atoms with E-state index in [4.69, 9.17) is 23.2 Å². The predicted molar refractivity (Wildman–Crippen MR) is 58.1 cm³/mol. The highest BCUT2D eigenvalue weighted by Gasteiger charge is 2.36. The summed E-state index contributed by atoms with van der Waals surface area (Å²) in [5, 5.41) is 18.9. The lowest BCUT2D eigenvalue weighted by Crippen LogP contribution is -2.23. The second kappa shape index (κ2) is 5.44. The van der Waals surface area contributed by atoms with Gasteiger partial charge in [-0.15, -0.1) is 11.6 Å². The summed E-state index contributed by atoms with van der Waals surface area (Å²) in [6.45, 7) is 0. The minimum atomic E-state index is -4.63. The molecule has 0 aromatic heterocycles. The third kappa shape index (κ3) is 3.48. The quantitative estimate of drug-likeness (QED) is 0.840. The van der Waals surface area contributed by atoms with Crippen LogP contribution in [-0.2, 0) is 6.18 Å². The van der Waals surface area contributed by atoms with Crippen LogP contribution in [0.15, 0.2) is 18.2 Å². The Morgan fingerprint density at radius 1 is 1.24 bits per heavy atom. The molecule has 0 fully saturated rings. The molecule has 0 bridgehead atoms. The van der Waals surface area contributed by atoms with Crippen molar-refractivity contribution in [1.29, 1.82) is 0 Å². The van der Waals surface area contributed by atoms with E-state index in [1.54, 1.807) is 0 Å². The van der Waals surface area contributed by atoms with E-state index in [1.165, 1.54) is 0 Å². The molecule has 2 unspecified atom stereocenters. The largest absolute Gasteiger partial charge is 0.416 e. The first-order valence-corrected chi connectivity index (χ1v) is 5.47. The first kappa shape index (κ1) is 14.6. The topological polar surface area (TPSA) is 40.5 Å². The lowest BCUT2D eigenvalue weighted by atomic mass is 9.99. The fourth-order valence-corrected chi connectivity index (χ4v) is 1.68. The zero-order chi connectivity index (χ0) is 13.2. The van der Waals surface area contributed by atoms with Crippen molar-refractivity contribution in [3.8, 4) is 0 Å². The summed E-state index contributed by atoms with van der Waals surface area (Å²) in [5.74, 6) is -0.384. The second-order valence-electron chi connectivity index (χ2n) is 3.40. The number of hydrogen-bond acceptors (Lipinski definition) is 2. The Hall–Kier alpha value is -0.490. The maximum absolute atomic E-state index is 12.6. The van der Waals surface area contributed by atoms with Crippen molar-refractivity contribution in [3.05, 3.63) is 34.3 Å². The molecule has 0 saturated carbocycles. The molecule has 2 atom stereocenters. The van der Waals surface area contributed by atoms with Crippen molar-refractivity contribution in [2.24, 2.45) is 0 Å². The van der Waals surface area contributed by atoms with E-state index in [1.807, 2.05) is 0 Å². The Kier molecular flexibility index (Phi) is 4.66. The van der Waals surface area contributed by atoms with Gasteiger partial charge in [0.15, 0.2) is 0 Å². The van der Waals surface area contributed by atoms with Gasteiger partial charge < -0.3 is 10.2 Å². The summed E-state index contributed by atoms with van der Waals surface area (Å²) in [6.07, 6.45) is -7.86. The smallest absolute Gasteiger partial charge is 0.389 e. The van der Waals surface area contributed by atoms with Crippen LogP contribution in [-0.4, -0.2) is 22.2 Å². The molecule has 0 saturated heterocycles. The van der Waals surface area contributed by atoms with Crippen LogP contribution in [0.4, 0.5) is 13.2 Å². The van der Waals surface area contributed by atoms with Gasteiger partial charge in [-0.25, -0.2) is 0 Å². The third-order valence-electron chi connectivity index (χ3n) is 2.16. The highest BCUT2D eigenvalue weighted by Crippen LogP contribution is 2.36. The molecular weight excluding hydrogens is 280 g/mol. The van der Waals surface area contributed by atoms with Crippen LogP contribution in [0.2, 0.25) is 5.02 Å². The van der Waals surface area contributed by atoms with Crippen molar-refractivity contribution in [1.82, 2.24) is 0 Å². The van der Waals surface area contributed by atoms with E-state index in [0.29, 0.717) is 0 Å². The number of hydrogen-bond donors (Lipinski definition) is 2. The molecular formula is C10H9Cl2F3O2. The van der Waals surface area contributed by atoms with Crippen molar-refractivity contribution in [2.75, 3.05) is 5.88 Å². The SMILES string of the molecule is OC(CCl)C(O)c1cc(Cl)ccc1C(F)(F)F. The zero-order valence-corrected chi connectivity index (χ0v) is 9.89. The lowest BCUT2D eigenvalue weighted by Gasteiger charge is -2.20. The summed E-state index contributed by atoms with van der Waals surface area (Å²) >= 11 is 10.8. The number of benzene rings is 1. The molecule has 0 amide bonds. The molecule has 1 aromatic rings. The molecule has 2 nitrogen and oxygen atoms in total. The van der Waals surface area contributed by atoms with Crippen molar-refractivity contribution < 1.29 is 23.4 Å². The van der Waals surface area contributed by atoms with Crippen molar-refractivity contribution in [3.63, 3.8) is 0 Å². The maximum Gasteiger partial charge on any atom is 0.416 e. The Labute approximate surface area is 106 Å². The van der Waals surface area contributed by atoms with E-state index in [0.717, 1.165) is 18.2 Å². The van der Waals surface area contributed by atoms with Crippen LogP contribution in [0.25, 0.3) is 0 Å². The Balaban J connectivity index is 3.25. The van der Waals surface area contributed by atoms with Gasteiger partial charge in [-0.05, 0) is 23.8 Å². The number of alkyl halides is 4. The minimum Gasteiger partial charge on any atom is -0.389 e. The monoisotopic (exact) mass is 288 g/mol. The van der Waals surface area contributed by atoms with Gasteiger partial charge in [0.05, 0.1) is 17.5 Å². The van der Waals surface area contributed by atoms with Gasteiger partial charge in [0.25, 0.3) is 0 Å². The molecule has 17 heavy (non-hydrogen) atoms. The van der Waals surface area contributed by atoms with Crippen LogP contribution in [0, 0.1) is 0 Å². The van der Waals surface area contributed by atoms with Crippen LogP contribution >= 0.6 is 23.2 Å². The van der Waals surface area contributed by atoms with E-state index in [-0.39, 0.29) is 10.9 Å².